The van der Waals surface area contributed by atoms with E-state index in [1.807, 2.05) is 13.0 Å². The van der Waals surface area contributed by atoms with Crippen LogP contribution in [0.1, 0.15) is 62.9 Å². The number of aryl methyl sites for hydroxylation is 3. The van der Waals surface area contributed by atoms with E-state index >= 15 is 0 Å². The monoisotopic (exact) mass is 449 g/mol. The molecule has 0 saturated carbocycles. The number of nitrogens with zero attached hydrogens (tertiary/aromatic N) is 2. The van der Waals surface area contributed by atoms with Gasteiger partial charge in [-0.2, -0.15) is 0 Å². The molecule has 1 aliphatic carbocycles. The van der Waals surface area contributed by atoms with E-state index < -0.39 is 0 Å². The molecule has 6 rings (SSSR count). The Bertz CT molecular complexity index is 1640. The van der Waals surface area contributed by atoms with Gasteiger partial charge in [-0.25, -0.2) is 4.57 Å². The number of fused-ring (bicyclic) bond motifs is 7. The lowest BCUT2D eigenvalue weighted by molar-refractivity contribution is -0.663. The summed E-state index contributed by atoms with van der Waals surface area (Å²) in [6.45, 7) is 13.8. The summed E-state index contributed by atoms with van der Waals surface area (Å²) in [4.78, 5) is 4.90. The molecule has 1 aliphatic rings. The highest BCUT2D eigenvalue weighted by Gasteiger charge is 2.39. The van der Waals surface area contributed by atoms with E-state index in [-0.39, 0.29) is 10.8 Å². The molecule has 0 unspecified atom stereocenters. The first-order chi connectivity index (χ1) is 16.1. The summed E-state index contributed by atoms with van der Waals surface area (Å²) in [5.74, 6) is 0.940. The Morgan fingerprint density at radius 2 is 1.50 bits per heavy atom. The standard InChI is InChI=1S/C31H33N2O/c1-18-8-11-21-22-12-9-20-10-13-23-26(31(5,6)16-15-30(23,3)4)25(20)28(22)34-27(21)24(18)29-32-19(2)14-17-33(29)7/h8-14,17H,15-16H2,1-7H3/q+1. The van der Waals surface area contributed by atoms with Crippen LogP contribution in [-0.2, 0) is 17.9 Å². The second kappa shape index (κ2) is 6.91. The molecule has 0 aliphatic heterocycles. The second-order valence-electron chi connectivity index (χ2n) is 11.5. The lowest BCUT2D eigenvalue weighted by atomic mass is 9.62. The summed E-state index contributed by atoms with van der Waals surface area (Å²) in [6.07, 6.45) is 4.46. The van der Waals surface area contributed by atoms with Crippen molar-refractivity contribution < 1.29 is 8.98 Å². The van der Waals surface area contributed by atoms with Crippen molar-refractivity contribution in [3.63, 3.8) is 0 Å². The normalized spacial score (nSPS) is 16.9. The van der Waals surface area contributed by atoms with Gasteiger partial charge >= 0.3 is 5.82 Å². The van der Waals surface area contributed by atoms with Crippen LogP contribution in [0.5, 0.6) is 0 Å². The lowest BCUT2D eigenvalue weighted by Crippen LogP contribution is -2.34. The van der Waals surface area contributed by atoms with Gasteiger partial charge in [0, 0.05) is 29.1 Å². The van der Waals surface area contributed by atoms with Crippen LogP contribution in [0.4, 0.5) is 0 Å². The molecule has 34 heavy (non-hydrogen) atoms. The first kappa shape index (κ1) is 21.3. The first-order valence-electron chi connectivity index (χ1n) is 12.3. The first-order valence-corrected chi connectivity index (χ1v) is 12.3. The molecule has 3 heteroatoms. The number of rotatable bonds is 1. The maximum Gasteiger partial charge on any atom is 0.334 e. The van der Waals surface area contributed by atoms with Crippen LogP contribution in [-0.4, -0.2) is 4.98 Å². The van der Waals surface area contributed by atoms with Crippen LogP contribution in [0, 0.1) is 13.8 Å². The third-order valence-electron chi connectivity index (χ3n) is 8.16. The van der Waals surface area contributed by atoms with Gasteiger partial charge in [0.1, 0.15) is 11.1 Å². The Morgan fingerprint density at radius 1 is 0.824 bits per heavy atom. The van der Waals surface area contributed by atoms with Crippen molar-refractivity contribution in [1.82, 2.24) is 4.98 Å². The van der Waals surface area contributed by atoms with Crippen molar-refractivity contribution in [3.8, 4) is 11.4 Å². The van der Waals surface area contributed by atoms with Crippen LogP contribution in [0.2, 0.25) is 0 Å². The summed E-state index contributed by atoms with van der Waals surface area (Å²) in [5, 5.41) is 4.89. The Kier molecular flexibility index (Phi) is 4.34. The number of hydrogen-bond acceptors (Lipinski definition) is 2. The molecule has 0 amide bonds. The summed E-state index contributed by atoms with van der Waals surface area (Å²) in [5.41, 5.74) is 8.39. The molecule has 0 N–H and O–H groups in total. The highest BCUT2D eigenvalue weighted by atomic mass is 16.3. The summed E-state index contributed by atoms with van der Waals surface area (Å²) >= 11 is 0. The van der Waals surface area contributed by atoms with E-state index in [2.05, 4.69) is 88.8 Å². The molecule has 0 saturated heterocycles. The molecule has 0 spiro atoms. The molecule has 2 heterocycles. The quantitative estimate of drug-likeness (QED) is 0.247. The van der Waals surface area contributed by atoms with Crippen molar-refractivity contribution in [3.05, 3.63) is 71.0 Å². The van der Waals surface area contributed by atoms with Gasteiger partial charge < -0.3 is 4.42 Å². The highest BCUT2D eigenvalue weighted by molar-refractivity contribution is 6.18. The topological polar surface area (TPSA) is 29.9 Å². The lowest BCUT2D eigenvalue weighted by Gasteiger charge is -2.42. The fourth-order valence-electron chi connectivity index (χ4n) is 6.04. The molecule has 172 valence electrons. The number of aromatic nitrogens is 2. The molecule has 0 fully saturated rings. The van der Waals surface area contributed by atoms with Crippen molar-refractivity contribution in [1.29, 1.82) is 0 Å². The zero-order chi connectivity index (χ0) is 24.0. The Labute approximate surface area is 201 Å². The molecular formula is C31H33N2O+. The smallest absolute Gasteiger partial charge is 0.334 e. The van der Waals surface area contributed by atoms with E-state index in [1.165, 1.54) is 45.7 Å². The Balaban J connectivity index is 1.80. The maximum atomic E-state index is 6.90. The molecule has 3 aromatic carbocycles. The third-order valence-corrected chi connectivity index (χ3v) is 8.16. The molecule has 0 radical (unpaired) electrons. The summed E-state index contributed by atoms with van der Waals surface area (Å²) in [6, 6.07) is 15.6. The molecular weight excluding hydrogens is 416 g/mol. The second-order valence-corrected chi connectivity index (χ2v) is 11.5. The minimum atomic E-state index is 0.0981. The van der Waals surface area contributed by atoms with E-state index in [0.717, 1.165) is 33.6 Å². The molecule has 5 aromatic rings. The zero-order valence-electron chi connectivity index (χ0n) is 21.3. The van der Waals surface area contributed by atoms with Gasteiger partial charge in [0.25, 0.3) is 0 Å². The SMILES string of the molecule is Cc1cc[n+](C)c(-c2c(C)ccc3c2oc2c3ccc3ccc4c(c32)C(C)(C)CCC4(C)C)n1. The summed E-state index contributed by atoms with van der Waals surface area (Å²) < 4.78 is 8.99. The van der Waals surface area contributed by atoms with Crippen molar-refractivity contribution in [2.45, 2.75) is 65.2 Å². The third kappa shape index (κ3) is 2.89. The average molecular weight is 450 g/mol. The number of furan rings is 1. The Hall–Kier alpha value is -3.20. The zero-order valence-corrected chi connectivity index (χ0v) is 21.3. The van der Waals surface area contributed by atoms with Gasteiger partial charge in [-0.15, -0.1) is 0 Å². The summed E-state index contributed by atoms with van der Waals surface area (Å²) in [7, 11) is 2.05. The van der Waals surface area contributed by atoms with Crippen molar-refractivity contribution in [2.24, 2.45) is 7.05 Å². The number of hydrogen-bond donors (Lipinski definition) is 0. The molecule has 2 aromatic heterocycles. The van der Waals surface area contributed by atoms with Gasteiger partial charge in [-0.3, -0.25) is 0 Å². The van der Waals surface area contributed by atoms with Gasteiger partial charge in [0.2, 0.25) is 0 Å². The van der Waals surface area contributed by atoms with Crippen LogP contribution in [0.3, 0.4) is 0 Å². The minimum Gasteiger partial charge on any atom is -0.454 e. The van der Waals surface area contributed by atoms with Gasteiger partial charge in [-0.05, 0) is 63.7 Å². The van der Waals surface area contributed by atoms with Gasteiger partial charge in [0.15, 0.2) is 11.3 Å². The van der Waals surface area contributed by atoms with Crippen LogP contribution in [0.25, 0.3) is 44.1 Å². The van der Waals surface area contributed by atoms with Crippen LogP contribution in [0.15, 0.2) is 53.1 Å². The van der Waals surface area contributed by atoms with Crippen LogP contribution >= 0.6 is 0 Å². The van der Waals surface area contributed by atoms with Gasteiger partial charge in [-0.1, -0.05) is 58.0 Å². The predicted molar refractivity (Wildman–Crippen MR) is 140 cm³/mol. The van der Waals surface area contributed by atoms with Gasteiger partial charge in [0.05, 0.1) is 13.2 Å². The van der Waals surface area contributed by atoms with E-state index in [9.17, 15) is 0 Å². The highest BCUT2D eigenvalue weighted by Crippen LogP contribution is 2.50. The minimum absolute atomic E-state index is 0.0981. The van der Waals surface area contributed by atoms with E-state index in [0.29, 0.717) is 0 Å². The fraction of sp³-hybridized carbons (Fsp3) is 0.355. The predicted octanol–water partition coefficient (Wildman–Crippen LogP) is 7.59. The van der Waals surface area contributed by atoms with E-state index in [4.69, 9.17) is 9.40 Å². The largest absolute Gasteiger partial charge is 0.454 e. The Morgan fingerprint density at radius 3 is 2.29 bits per heavy atom. The molecule has 0 bridgehead atoms. The molecule has 0 atom stereocenters. The van der Waals surface area contributed by atoms with Crippen LogP contribution < -0.4 is 4.57 Å². The average Bonchev–Trinajstić information content (AvgIpc) is 3.17. The van der Waals surface area contributed by atoms with Crippen molar-refractivity contribution >= 4 is 32.7 Å². The van der Waals surface area contributed by atoms with E-state index in [1.54, 1.807) is 0 Å². The molecule has 3 nitrogen and oxygen atoms in total. The number of benzene rings is 3. The van der Waals surface area contributed by atoms with Crippen molar-refractivity contribution in [2.75, 3.05) is 0 Å². The fourth-order valence-corrected chi connectivity index (χ4v) is 6.04. The maximum absolute atomic E-state index is 6.90.